The van der Waals surface area contributed by atoms with Crippen LogP contribution >= 0.6 is 0 Å². The largest absolute Gasteiger partial charge is 0.433 e. The van der Waals surface area contributed by atoms with Gasteiger partial charge in [0.05, 0.1) is 11.6 Å². The molecule has 0 saturated carbocycles. The molecule has 2 aliphatic heterocycles. The minimum absolute atomic E-state index is 0.0485. The lowest BCUT2D eigenvalue weighted by Gasteiger charge is -2.27. The number of aromatic nitrogens is 4. The van der Waals surface area contributed by atoms with Crippen molar-refractivity contribution in [3.8, 4) is 0 Å². The number of nitrogens with zero attached hydrogens (tertiary/aromatic N) is 6. The van der Waals surface area contributed by atoms with Crippen molar-refractivity contribution in [1.82, 2.24) is 35.1 Å². The summed E-state index contributed by atoms with van der Waals surface area (Å²) in [6, 6.07) is 6.17. The Kier molecular flexibility index (Phi) is 8.95. The number of nitrogens with two attached hydrogens (primary N) is 1. The molecule has 4 heterocycles. The van der Waals surface area contributed by atoms with Crippen LogP contribution in [0.3, 0.4) is 0 Å². The van der Waals surface area contributed by atoms with Crippen molar-refractivity contribution in [1.29, 1.82) is 0 Å². The van der Waals surface area contributed by atoms with E-state index in [4.69, 9.17) is 5.73 Å². The summed E-state index contributed by atoms with van der Waals surface area (Å²) in [5.41, 5.74) is 7.99. The highest BCUT2D eigenvalue weighted by Gasteiger charge is 2.41. The molecule has 3 N–H and O–H groups in total. The molecule has 11 nitrogen and oxygen atoms in total. The van der Waals surface area contributed by atoms with Crippen LogP contribution < -0.4 is 11.1 Å². The SMILES string of the molecule is Cn1nnc2cc(CNC(=O)[C@@H]3CC(Cc4ccnc(C(F)(F)F)c4)CN3C(=O)[C@H](N)CCC(=O)N3CCCC3)ccc21. The van der Waals surface area contributed by atoms with E-state index in [1.54, 1.807) is 16.6 Å². The maximum atomic E-state index is 13.5. The van der Waals surface area contributed by atoms with Gasteiger partial charge in [0, 0.05) is 45.8 Å². The predicted octanol–water partition coefficient (Wildman–Crippen LogP) is 2.19. The zero-order valence-corrected chi connectivity index (χ0v) is 23.9. The van der Waals surface area contributed by atoms with Crippen LogP contribution in [-0.4, -0.2) is 79.2 Å². The molecule has 2 fully saturated rings. The summed E-state index contributed by atoms with van der Waals surface area (Å²) in [6.45, 7) is 1.74. The minimum atomic E-state index is -4.58. The predicted molar refractivity (Wildman–Crippen MR) is 150 cm³/mol. The molecule has 2 aromatic heterocycles. The van der Waals surface area contributed by atoms with Gasteiger partial charge in [0.15, 0.2) is 0 Å². The van der Waals surface area contributed by atoms with Gasteiger partial charge in [0.25, 0.3) is 0 Å². The fourth-order valence-corrected chi connectivity index (χ4v) is 5.90. The van der Waals surface area contributed by atoms with E-state index in [0.29, 0.717) is 24.2 Å². The van der Waals surface area contributed by atoms with E-state index >= 15 is 0 Å². The number of pyridine rings is 1. The third-order valence-electron chi connectivity index (χ3n) is 8.20. The first-order valence-corrected chi connectivity index (χ1v) is 14.4. The summed E-state index contributed by atoms with van der Waals surface area (Å²) < 4.78 is 41.3. The number of carbonyl (C=O) groups excluding carboxylic acids is 3. The second-order valence-corrected chi connectivity index (χ2v) is 11.3. The number of hydrogen-bond acceptors (Lipinski definition) is 7. The van der Waals surface area contributed by atoms with Gasteiger partial charge in [0.1, 0.15) is 17.3 Å². The van der Waals surface area contributed by atoms with E-state index in [0.717, 1.165) is 36.2 Å². The van der Waals surface area contributed by atoms with E-state index in [9.17, 15) is 27.6 Å². The zero-order valence-electron chi connectivity index (χ0n) is 23.9. The summed E-state index contributed by atoms with van der Waals surface area (Å²) in [4.78, 5) is 46.1. The number of carbonyl (C=O) groups is 3. The molecular weight excluding hydrogens is 565 g/mol. The molecule has 2 saturated heterocycles. The summed E-state index contributed by atoms with van der Waals surface area (Å²) >= 11 is 0. The van der Waals surface area contributed by atoms with Gasteiger partial charge < -0.3 is 20.9 Å². The van der Waals surface area contributed by atoms with Crippen LogP contribution in [0.25, 0.3) is 11.0 Å². The Morgan fingerprint density at radius 3 is 2.63 bits per heavy atom. The summed E-state index contributed by atoms with van der Waals surface area (Å²) in [5.74, 6) is -1.17. The zero-order chi connectivity index (χ0) is 30.7. The normalized spacial score (nSPS) is 19.7. The monoisotopic (exact) mass is 600 g/mol. The quantitative estimate of drug-likeness (QED) is 0.384. The third-order valence-corrected chi connectivity index (χ3v) is 8.20. The van der Waals surface area contributed by atoms with E-state index in [2.05, 4.69) is 20.6 Å². The fourth-order valence-electron chi connectivity index (χ4n) is 5.90. The maximum absolute atomic E-state index is 13.5. The Hall–Kier alpha value is -4.07. The first-order chi connectivity index (χ1) is 20.5. The van der Waals surface area contributed by atoms with E-state index in [-0.39, 0.29) is 56.5 Å². The van der Waals surface area contributed by atoms with Crippen molar-refractivity contribution in [2.45, 2.75) is 63.3 Å². The number of likely N-dealkylation sites (tertiary alicyclic amines) is 2. The van der Waals surface area contributed by atoms with Crippen LogP contribution in [-0.2, 0) is 40.6 Å². The average molecular weight is 601 g/mol. The van der Waals surface area contributed by atoms with Crippen molar-refractivity contribution < 1.29 is 27.6 Å². The van der Waals surface area contributed by atoms with Crippen molar-refractivity contribution >= 4 is 28.8 Å². The van der Waals surface area contributed by atoms with Gasteiger partial charge in [-0.25, -0.2) is 4.68 Å². The molecule has 1 aromatic carbocycles. The Balaban J connectivity index is 1.27. The van der Waals surface area contributed by atoms with Crippen LogP contribution in [0.4, 0.5) is 13.2 Å². The Morgan fingerprint density at radius 2 is 1.88 bits per heavy atom. The van der Waals surface area contributed by atoms with Gasteiger partial charge >= 0.3 is 6.18 Å². The van der Waals surface area contributed by atoms with E-state index in [1.807, 2.05) is 18.2 Å². The van der Waals surface area contributed by atoms with Crippen molar-refractivity contribution in [2.75, 3.05) is 19.6 Å². The molecule has 5 rings (SSSR count). The number of benzene rings is 1. The molecule has 14 heteroatoms. The Morgan fingerprint density at radius 1 is 1.12 bits per heavy atom. The first-order valence-electron chi connectivity index (χ1n) is 14.4. The molecule has 0 aliphatic carbocycles. The molecule has 0 radical (unpaired) electrons. The number of rotatable bonds is 9. The van der Waals surface area contributed by atoms with Gasteiger partial charge in [-0.1, -0.05) is 11.3 Å². The number of alkyl halides is 3. The lowest BCUT2D eigenvalue weighted by molar-refractivity contribution is -0.141. The lowest BCUT2D eigenvalue weighted by atomic mass is 9.96. The molecule has 3 aromatic rings. The average Bonchev–Trinajstić information content (AvgIpc) is 3.75. The highest BCUT2D eigenvalue weighted by atomic mass is 19.4. The third kappa shape index (κ3) is 7.12. The minimum Gasteiger partial charge on any atom is -0.350 e. The summed E-state index contributed by atoms with van der Waals surface area (Å²) in [5, 5.41) is 11.0. The standard InChI is InChI=1S/C29H35F3N8O3/c1-38-23-6-4-19(13-22(23)36-37-38)16-35-27(42)24-14-20(12-18-8-9-34-25(15-18)29(30,31)32)17-40(24)28(43)21(33)5-7-26(41)39-10-2-3-11-39/h4,6,8-9,13,15,20-21,24H,2-3,5,7,10-12,14,16-17,33H2,1H3,(H,35,42)/t20?,21-,24+/m1/s1. The van der Waals surface area contributed by atoms with Gasteiger partial charge in [-0.05, 0) is 73.4 Å². The van der Waals surface area contributed by atoms with E-state index in [1.165, 1.54) is 11.0 Å². The number of aryl methyl sites for hydroxylation is 1. The van der Waals surface area contributed by atoms with Gasteiger partial charge in [-0.3, -0.25) is 19.4 Å². The molecular formula is C29H35F3N8O3. The van der Waals surface area contributed by atoms with Crippen LogP contribution in [0.5, 0.6) is 0 Å². The molecule has 0 spiro atoms. The highest BCUT2D eigenvalue weighted by molar-refractivity contribution is 5.91. The van der Waals surface area contributed by atoms with Gasteiger partial charge in [0.2, 0.25) is 17.7 Å². The molecule has 230 valence electrons. The van der Waals surface area contributed by atoms with Gasteiger partial charge in [-0.15, -0.1) is 5.10 Å². The summed E-state index contributed by atoms with van der Waals surface area (Å²) in [6.07, 6.45) is -0.807. The second-order valence-electron chi connectivity index (χ2n) is 11.3. The van der Waals surface area contributed by atoms with Crippen molar-refractivity contribution in [2.24, 2.45) is 18.7 Å². The topological polar surface area (TPSA) is 139 Å². The number of fused-ring (bicyclic) bond motifs is 1. The fraction of sp³-hybridized carbons (Fsp3) is 0.517. The van der Waals surface area contributed by atoms with Crippen LogP contribution in [0.15, 0.2) is 36.5 Å². The Bertz CT molecular complexity index is 1490. The second kappa shape index (κ2) is 12.7. The number of hydrogen-bond donors (Lipinski definition) is 2. The molecule has 0 bridgehead atoms. The van der Waals surface area contributed by atoms with E-state index < -0.39 is 29.9 Å². The van der Waals surface area contributed by atoms with Crippen LogP contribution in [0, 0.1) is 5.92 Å². The summed E-state index contributed by atoms with van der Waals surface area (Å²) in [7, 11) is 1.78. The number of halogens is 3. The molecule has 3 amide bonds. The lowest BCUT2D eigenvalue weighted by Crippen LogP contribution is -2.51. The molecule has 3 atom stereocenters. The number of nitrogens with one attached hydrogen (secondary N) is 1. The molecule has 1 unspecified atom stereocenters. The molecule has 2 aliphatic rings. The van der Waals surface area contributed by atoms with Crippen molar-refractivity contribution in [3.05, 3.63) is 53.3 Å². The van der Waals surface area contributed by atoms with Crippen molar-refractivity contribution in [3.63, 3.8) is 0 Å². The smallest absolute Gasteiger partial charge is 0.350 e. The molecule has 43 heavy (non-hydrogen) atoms. The maximum Gasteiger partial charge on any atom is 0.433 e. The van der Waals surface area contributed by atoms with Crippen LogP contribution in [0.1, 0.15) is 48.9 Å². The first kappa shape index (κ1) is 30.4. The van der Waals surface area contributed by atoms with Crippen LogP contribution in [0.2, 0.25) is 0 Å². The Labute approximate surface area is 246 Å². The number of amides is 3. The highest BCUT2D eigenvalue weighted by Crippen LogP contribution is 2.31. The van der Waals surface area contributed by atoms with Gasteiger partial charge in [-0.2, -0.15) is 13.2 Å².